The number of methoxy groups -OCH3 is 6. The maximum absolute atomic E-state index is 11.0. The second kappa shape index (κ2) is 13.5. The number of benzene rings is 4. The Morgan fingerprint density at radius 3 is 1.94 bits per heavy atom. The first-order valence-electron chi connectivity index (χ1n) is 16.9. The van der Waals surface area contributed by atoms with E-state index in [4.69, 9.17) is 33.2 Å². The third-order valence-corrected chi connectivity index (χ3v) is 10.7. The Hall–Kier alpha value is -4.80. The first-order chi connectivity index (χ1) is 24.2. The molecule has 0 fully saturated rings. The Morgan fingerprint density at radius 2 is 1.24 bits per heavy atom. The Kier molecular flexibility index (Phi) is 9.09. The predicted molar refractivity (Wildman–Crippen MR) is 191 cm³/mol. The van der Waals surface area contributed by atoms with E-state index in [2.05, 4.69) is 54.2 Å². The molecule has 0 saturated heterocycles. The molecule has 264 valence electrons. The average Bonchev–Trinajstić information content (AvgIpc) is 3.13. The van der Waals surface area contributed by atoms with Gasteiger partial charge in [0, 0.05) is 42.4 Å². The van der Waals surface area contributed by atoms with Gasteiger partial charge in [-0.2, -0.15) is 0 Å². The zero-order valence-corrected chi connectivity index (χ0v) is 30.1. The monoisotopic (exact) mass is 682 g/mol. The van der Waals surface area contributed by atoms with Crippen LogP contribution in [0.15, 0.2) is 42.5 Å². The predicted octanol–water partition coefficient (Wildman–Crippen LogP) is 6.76. The van der Waals surface area contributed by atoms with Gasteiger partial charge in [0.2, 0.25) is 0 Å². The number of hydrogen-bond acceptors (Lipinski definition) is 10. The number of likely N-dealkylation sites (N-methyl/N-ethyl adjacent to an activating group) is 2. The zero-order valence-electron chi connectivity index (χ0n) is 30.1. The van der Waals surface area contributed by atoms with Crippen molar-refractivity contribution in [3.8, 4) is 62.9 Å². The number of hydrogen-bond donors (Lipinski definition) is 1. The van der Waals surface area contributed by atoms with Gasteiger partial charge in [0.25, 0.3) is 0 Å². The first kappa shape index (κ1) is 33.7. The van der Waals surface area contributed by atoms with Crippen molar-refractivity contribution < 1.29 is 38.3 Å². The van der Waals surface area contributed by atoms with E-state index in [-0.39, 0.29) is 17.8 Å². The van der Waals surface area contributed by atoms with E-state index in [0.29, 0.717) is 35.2 Å². The van der Waals surface area contributed by atoms with Gasteiger partial charge in [0.05, 0.1) is 42.7 Å². The van der Waals surface area contributed by atoms with Gasteiger partial charge in [0.15, 0.2) is 46.0 Å². The van der Waals surface area contributed by atoms with Gasteiger partial charge >= 0.3 is 0 Å². The lowest BCUT2D eigenvalue weighted by molar-refractivity contribution is 0.226. The molecule has 0 aromatic heterocycles. The maximum Gasteiger partial charge on any atom is 0.169 e. The fourth-order valence-electron chi connectivity index (χ4n) is 8.06. The van der Waals surface area contributed by atoms with Gasteiger partial charge in [-0.25, -0.2) is 0 Å². The van der Waals surface area contributed by atoms with E-state index >= 15 is 0 Å². The van der Waals surface area contributed by atoms with Crippen LogP contribution in [-0.4, -0.2) is 84.7 Å². The molecule has 10 nitrogen and oxygen atoms in total. The van der Waals surface area contributed by atoms with E-state index < -0.39 is 0 Å². The van der Waals surface area contributed by atoms with E-state index in [1.54, 1.807) is 47.7 Å². The summed E-state index contributed by atoms with van der Waals surface area (Å²) in [6, 6.07) is 14.1. The number of fused-ring (bicyclic) bond motifs is 3. The van der Waals surface area contributed by atoms with Gasteiger partial charge < -0.3 is 38.3 Å². The molecule has 2 aliphatic heterocycles. The van der Waals surface area contributed by atoms with Crippen molar-refractivity contribution in [2.45, 2.75) is 37.8 Å². The van der Waals surface area contributed by atoms with E-state index in [1.807, 2.05) is 0 Å². The summed E-state index contributed by atoms with van der Waals surface area (Å²) in [7, 11) is 14.2. The SMILES string of the molecule is COc1cc(Oc2cc3c(cc2OC)-c2c(OC)c(OC)cc4c2[C@H](C3)N(C)CC4)c(C[C@@H]2c3cc(OC)c(OC)cc3CCN2C)cc1O. The van der Waals surface area contributed by atoms with Crippen molar-refractivity contribution in [1.82, 2.24) is 9.80 Å². The van der Waals surface area contributed by atoms with Crippen LogP contribution in [0.4, 0.5) is 0 Å². The molecule has 0 bridgehead atoms. The second-order valence-electron chi connectivity index (χ2n) is 13.3. The molecule has 0 saturated carbocycles. The number of phenolic OH excluding ortho intramolecular Hbond substituents is 1. The molecule has 1 N–H and O–H groups in total. The Balaban J connectivity index is 1.32. The third-order valence-electron chi connectivity index (χ3n) is 10.7. The van der Waals surface area contributed by atoms with Crippen LogP contribution >= 0.6 is 0 Å². The number of rotatable bonds is 10. The van der Waals surface area contributed by atoms with Crippen LogP contribution in [-0.2, 0) is 25.7 Å². The largest absolute Gasteiger partial charge is 0.504 e. The van der Waals surface area contributed by atoms with Crippen LogP contribution in [0.2, 0.25) is 0 Å². The Bertz CT molecular complexity index is 1940. The minimum atomic E-state index is -0.00545. The third kappa shape index (κ3) is 5.60. The normalized spacial score (nSPS) is 18.0. The average molecular weight is 683 g/mol. The van der Waals surface area contributed by atoms with Crippen LogP contribution in [0, 0.1) is 0 Å². The highest BCUT2D eigenvalue weighted by Crippen LogP contribution is 2.54. The van der Waals surface area contributed by atoms with Crippen molar-refractivity contribution in [1.29, 1.82) is 0 Å². The molecule has 0 spiro atoms. The van der Waals surface area contributed by atoms with Crippen molar-refractivity contribution in [2.24, 2.45) is 0 Å². The Morgan fingerprint density at radius 1 is 0.620 bits per heavy atom. The van der Waals surface area contributed by atoms with Crippen molar-refractivity contribution >= 4 is 0 Å². The molecule has 3 aliphatic rings. The van der Waals surface area contributed by atoms with Crippen LogP contribution in [0.3, 0.4) is 0 Å². The minimum absolute atomic E-state index is 0.00545. The second-order valence-corrected chi connectivity index (χ2v) is 13.3. The molecule has 0 radical (unpaired) electrons. The molecule has 4 aromatic rings. The molecule has 0 unspecified atom stereocenters. The van der Waals surface area contributed by atoms with Gasteiger partial charge in [-0.05, 0) is 110 Å². The molecule has 1 aliphatic carbocycles. The summed E-state index contributed by atoms with van der Waals surface area (Å²) in [5.74, 6) is 4.96. The summed E-state index contributed by atoms with van der Waals surface area (Å²) in [6.07, 6.45) is 3.21. The Labute approximate surface area is 294 Å². The lowest BCUT2D eigenvalue weighted by atomic mass is 9.76. The van der Waals surface area contributed by atoms with E-state index in [9.17, 15) is 5.11 Å². The molecule has 10 heteroatoms. The molecule has 50 heavy (non-hydrogen) atoms. The van der Waals surface area contributed by atoms with Crippen molar-refractivity contribution in [3.63, 3.8) is 0 Å². The smallest absolute Gasteiger partial charge is 0.169 e. The molecule has 4 aromatic carbocycles. The van der Waals surface area contributed by atoms with Gasteiger partial charge in [-0.1, -0.05) is 0 Å². The summed E-state index contributed by atoms with van der Waals surface area (Å²) in [5, 5.41) is 11.0. The van der Waals surface area contributed by atoms with E-state index in [0.717, 1.165) is 77.4 Å². The maximum atomic E-state index is 11.0. The highest BCUT2D eigenvalue weighted by Gasteiger charge is 2.37. The van der Waals surface area contributed by atoms with Gasteiger partial charge in [-0.15, -0.1) is 0 Å². The summed E-state index contributed by atoms with van der Waals surface area (Å²) in [5.41, 5.74) is 8.99. The summed E-state index contributed by atoms with van der Waals surface area (Å²) in [4.78, 5) is 4.74. The zero-order chi connectivity index (χ0) is 35.3. The first-order valence-corrected chi connectivity index (χ1v) is 16.9. The van der Waals surface area contributed by atoms with Gasteiger partial charge in [0.1, 0.15) is 5.75 Å². The topological polar surface area (TPSA) is 91.3 Å². The van der Waals surface area contributed by atoms with E-state index in [1.165, 1.54) is 23.8 Å². The lowest BCUT2D eigenvalue weighted by Crippen LogP contribution is -2.35. The standard InChI is InChI=1S/C40H46N2O8/c1-41-11-9-22-16-33(45-4)34(46-5)19-26(22)28(41)14-25-15-30(43)32(44-3)21-31(25)50-36-18-24-13-29-38-23(10-12-42(29)2)17-37(48-7)40(49-8)39(38)27(24)20-35(36)47-6/h15-21,28-29,43H,9-14H2,1-8H3/t28-,29+/m1/s1. The fourth-order valence-corrected chi connectivity index (χ4v) is 8.06. The van der Waals surface area contributed by atoms with Crippen LogP contribution in [0.1, 0.15) is 45.5 Å². The molecular weight excluding hydrogens is 636 g/mol. The summed E-state index contributed by atoms with van der Waals surface area (Å²) in [6.45, 7) is 1.83. The number of ether oxygens (including phenoxy) is 7. The quantitative estimate of drug-likeness (QED) is 0.194. The van der Waals surface area contributed by atoms with Gasteiger partial charge in [-0.3, -0.25) is 9.80 Å². The summed E-state index contributed by atoms with van der Waals surface area (Å²) >= 11 is 0. The fraction of sp³-hybridized carbons (Fsp3) is 0.400. The molecule has 2 atom stereocenters. The number of aromatic hydroxyl groups is 1. The number of nitrogens with zero attached hydrogens (tertiary/aromatic N) is 2. The highest BCUT2D eigenvalue weighted by atomic mass is 16.5. The molecule has 7 rings (SSSR count). The molecule has 2 heterocycles. The van der Waals surface area contributed by atoms with Crippen molar-refractivity contribution in [2.75, 3.05) is 69.8 Å². The van der Waals surface area contributed by atoms with Crippen LogP contribution < -0.4 is 33.2 Å². The summed E-state index contributed by atoms with van der Waals surface area (Å²) < 4.78 is 41.5. The molecular formula is C40H46N2O8. The van der Waals surface area contributed by atoms with Crippen molar-refractivity contribution in [3.05, 3.63) is 75.8 Å². The minimum Gasteiger partial charge on any atom is -0.504 e. The molecule has 0 amide bonds. The van der Waals surface area contributed by atoms with Crippen LogP contribution in [0.25, 0.3) is 11.1 Å². The van der Waals surface area contributed by atoms with Crippen LogP contribution in [0.5, 0.6) is 51.7 Å². The highest BCUT2D eigenvalue weighted by molar-refractivity contribution is 5.85. The number of phenols is 1. The lowest BCUT2D eigenvalue weighted by Gasteiger charge is -2.40.